The molecule has 0 radical (unpaired) electrons. The molecule has 3 atom stereocenters. The van der Waals surface area contributed by atoms with Crippen LogP contribution < -0.4 is 5.32 Å². The molecule has 1 fully saturated rings. The van der Waals surface area contributed by atoms with Crippen molar-refractivity contribution in [3.63, 3.8) is 0 Å². The molecule has 2 nitrogen and oxygen atoms in total. The summed E-state index contributed by atoms with van der Waals surface area (Å²) in [7, 11) is 2.25. The summed E-state index contributed by atoms with van der Waals surface area (Å²) in [6, 6.07) is 4.93. The fraction of sp³-hybridized carbons (Fsp3) is 0.692. The minimum absolute atomic E-state index is 0.549. The molecule has 0 saturated carbocycles. The highest BCUT2D eigenvalue weighted by Gasteiger charge is 2.25. The van der Waals surface area contributed by atoms with Crippen LogP contribution in [0.15, 0.2) is 17.5 Å². The summed E-state index contributed by atoms with van der Waals surface area (Å²) in [4.78, 5) is 3.96. The fourth-order valence-corrected chi connectivity index (χ4v) is 3.23. The lowest BCUT2D eigenvalue weighted by atomic mass is 9.97. The topological polar surface area (TPSA) is 15.3 Å². The summed E-state index contributed by atoms with van der Waals surface area (Å²) >= 11 is 1.86. The zero-order valence-electron chi connectivity index (χ0n) is 10.4. The number of hydrogen-bond acceptors (Lipinski definition) is 3. The molecule has 0 spiro atoms. The molecule has 0 bridgehead atoms. The monoisotopic (exact) mass is 238 g/mol. The Bertz CT molecular complexity index is 310. The van der Waals surface area contributed by atoms with Crippen LogP contribution in [0.3, 0.4) is 0 Å². The summed E-state index contributed by atoms with van der Waals surface area (Å²) in [5.74, 6) is 1.63. The van der Waals surface area contributed by atoms with Crippen molar-refractivity contribution in [3.8, 4) is 0 Å². The largest absolute Gasteiger partial charge is 0.316 e. The third-order valence-corrected chi connectivity index (χ3v) is 4.86. The van der Waals surface area contributed by atoms with Crippen molar-refractivity contribution >= 4 is 11.3 Å². The van der Waals surface area contributed by atoms with Crippen LogP contribution in [0, 0.1) is 11.8 Å². The van der Waals surface area contributed by atoms with Gasteiger partial charge in [0.15, 0.2) is 0 Å². The van der Waals surface area contributed by atoms with Gasteiger partial charge in [-0.25, -0.2) is 0 Å². The predicted octanol–water partition coefficient (Wildman–Crippen LogP) is 2.60. The molecule has 0 aliphatic carbocycles. The molecule has 3 unspecified atom stereocenters. The van der Waals surface area contributed by atoms with Gasteiger partial charge in [-0.2, -0.15) is 0 Å². The maximum atomic E-state index is 3.48. The van der Waals surface area contributed by atoms with Gasteiger partial charge in [0.05, 0.1) is 0 Å². The van der Waals surface area contributed by atoms with Crippen LogP contribution >= 0.6 is 11.3 Å². The summed E-state index contributed by atoms with van der Waals surface area (Å²) in [6.45, 7) is 8.23. The van der Waals surface area contributed by atoms with E-state index >= 15 is 0 Å². The van der Waals surface area contributed by atoms with Crippen LogP contribution in [0.5, 0.6) is 0 Å². The second kappa shape index (κ2) is 5.30. The van der Waals surface area contributed by atoms with Crippen molar-refractivity contribution in [1.29, 1.82) is 0 Å². The minimum atomic E-state index is 0.549. The Morgan fingerprint density at radius 3 is 2.94 bits per heavy atom. The van der Waals surface area contributed by atoms with E-state index in [2.05, 4.69) is 48.6 Å². The standard InChI is InChI=1S/C13H22N2S/c1-10-7-14-8-12(10)9-15(3)11(2)13-5-4-6-16-13/h4-6,10-12,14H,7-9H2,1-3H3. The third kappa shape index (κ3) is 2.65. The first-order valence-corrected chi connectivity index (χ1v) is 7.01. The third-order valence-electron chi connectivity index (χ3n) is 3.82. The number of nitrogens with one attached hydrogen (secondary N) is 1. The molecular formula is C13H22N2S. The van der Waals surface area contributed by atoms with Crippen molar-refractivity contribution < 1.29 is 0 Å². The molecule has 90 valence electrons. The highest BCUT2D eigenvalue weighted by Crippen LogP contribution is 2.26. The molecule has 2 heterocycles. The van der Waals surface area contributed by atoms with Crippen molar-refractivity contribution in [1.82, 2.24) is 10.2 Å². The molecule has 0 amide bonds. The zero-order chi connectivity index (χ0) is 11.5. The highest BCUT2D eigenvalue weighted by molar-refractivity contribution is 7.10. The van der Waals surface area contributed by atoms with Gasteiger partial charge in [0.25, 0.3) is 0 Å². The summed E-state index contributed by atoms with van der Waals surface area (Å²) in [5, 5.41) is 5.64. The van der Waals surface area contributed by atoms with Crippen LogP contribution in [0.4, 0.5) is 0 Å². The van der Waals surface area contributed by atoms with Gasteiger partial charge in [-0.05, 0) is 50.3 Å². The quantitative estimate of drug-likeness (QED) is 0.867. The predicted molar refractivity (Wildman–Crippen MR) is 70.9 cm³/mol. The van der Waals surface area contributed by atoms with Gasteiger partial charge in [-0.1, -0.05) is 13.0 Å². The zero-order valence-corrected chi connectivity index (χ0v) is 11.3. The molecule has 1 aromatic heterocycles. The smallest absolute Gasteiger partial charge is 0.0410 e. The van der Waals surface area contributed by atoms with E-state index in [9.17, 15) is 0 Å². The van der Waals surface area contributed by atoms with Gasteiger partial charge in [-0.3, -0.25) is 4.90 Å². The van der Waals surface area contributed by atoms with E-state index in [0.717, 1.165) is 11.8 Å². The number of nitrogens with zero attached hydrogens (tertiary/aromatic N) is 1. The Labute approximate surface area is 103 Å². The molecule has 0 aromatic carbocycles. The maximum Gasteiger partial charge on any atom is 0.0410 e. The van der Waals surface area contributed by atoms with Gasteiger partial charge >= 0.3 is 0 Å². The summed E-state index contributed by atoms with van der Waals surface area (Å²) in [5.41, 5.74) is 0. The maximum absolute atomic E-state index is 3.48. The SMILES string of the molecule is CC1CNCC1CN(C)C(C)c1cccs1. The summed E-state index contributed by atoms with van der Waals surface area (Å²) < 4.78 is 0. The lowest BCUT2D eigenvalue weighted by molar-refractivity contribution is 0.211. The number of thiophene rings is 1. The molecule has 1 N–H and O–H groups in total. The van der Waals surface area contributed by atoms with Gasteiger partial charge < -0.3 is 5.32 Å². The van der Waals surface area contributed by atoms with Crippen LogP contribution in [-0.4, -0.2) is 31.6 Å². The minimum Gasteiger partial charge on any atom is -0.316 e. The average Bonchev–Trinajstić information content (AvgIpc) is 2.89. The van der Waals surface area contributed by atoms with E-state index < -0.39 is 0 Å². The second-order valence-corrected chi connectivity index (χ2v) is 6.01. The normalized spacial score (nSPS) is 27.5. The first-order valence-electron chi connectivity index (χ1n) is 6.13. The molecule has 1 saturated heterocycles. The Morgan fingerprint density at radius 2 is 2.38 bits per heavy atom. The van der Waals surface area contributed by atoms with Crippen molar-refractivity contribution in [2.45, 2.75) is 19.9 Å². The van der Waals surface area contributed by atoms with E-state index in [1.165, 1.54) is 24.5 Å². The van der Waals surface area contributed by atoms with Crippen LogP contribution in [-0.2, 0) is 0 Å². The number of rotatable bonds is 4. The van der Waals surface area contributed by atoms with E-state index in [0.29, 0.717) is 6.04 Å². The van der Waals surface area contributed by atoms with Crippen molar-refractivity contribution in [2.24, 2.45) is 11.8 Å². The van der Waals surface area contributed by atoms with E-state index in [1.54, 1.807) is 0 Å². The van der Waals surface area contributed by atoms with Crippen molar-refractivity contribution in [2.75, 3.05) is 26.7 Å². The Kier molecular flexibility index (Phi) is 4.00. The van der Waals surface area contributed by atoms with E-state index in [-0.39, 0.29) is 0 Å². The molecule has 1 aromatic rings. The van der Waals surface area contributed by atoms with Gasteiger partial charge in [0.2, 0.25) is 0 Å². The lowest BCUT2D eigenvalue weighted by Gasteiger charge is -2.28. The molecular weight excluding hydrogens is 216 g/mol. The average molecular weight is 238 g/mol. The Hall–Kier alpha value is -0.380. The van der Waals surface area contributed by atoms with E-state index in [4.69, 9.17) is 0 Å². The summed E-state index contributed by atoms with van der Waals surface area (Å²) in [6.07, 6.45) is 0. The Morgan fingerprint density at radius 1 is 1.56 bits per heavy atom. The molecule has 1 aliphatic heterocycles. The molecule has 1 aliphatic rings. The molecule has 2 rings (SSSR count). The van der Waals surface area contributed by atoms with Crippen molar-refractivity contribution in [3.05, 3.63) is 22.4 Å². The van der Waals surface area contributed by atoms with Crippen LogP contribution in [0.1, 0.15) is 24.8 Å². The molecule has 16 heavy (non-hydrogen) atoms. The lowest BCUT2D eigenvalue weighted by Crippen LogP contribution is -2.31. The first kappa shape index (κ1) is 12.1. The van der Waals surface area contributed by atoms with Gasteiger partial charge in [0, 0.05) is 17.5 Å². The highest BCUT2D eigenvalue weighted by atomic mass is 32.1. The fourth-order valence-electron chi connectivity index (χ4n) is 2.38. The van der Waals surface area contributed by atoms with Gasteiger partial charge in [-0.15, -0.1) is 11.3 Å². The molecule has 3 heteroatoms. The first-order chi connectivity index (χ1) is 7.68. The van der Waals surface area contributed by atoms with E-state index in [1.807, 2.05) is 11.3 Å². The Balaban J connectivity index is 1.90. The van der Waals surface area contributed by atoms with Gasteiger partial charge in [0.1, 0.15) is 0 Å². The van der Waals surface area contributed by atoms with Crippen LogP contribution in [0.25, 0.3) is 0 Å². The number of hydrogen-bond donors (Lipinski definition) is 1. The second-order valence-electron chi connectivity index (χ2n) is 5.03. The van der Waals surface area contributed by atoms with Crippen LogP contribution in [0.2, 0.25) is 0 Å².